The summed E-state index contributed by atoms with van der Waals surface area (Å²) < 4.78 is 12.4. The van der Waals surface area contributed by atoms with Crippen LogP contribution in [0.25, 0.3) is 0 Å². The first-order valence-electron chi connectivity index (χ1n) is 16.7. The Bertz CT molecular complexity index is 1600. The fourth-order valence-electron chi connectivity index (χ4n) is 8.72. The third kappa shape index (κ3) is 5.72. The molecule has 1 aromatic heterocycles. The van der Waals surface area contributed by atoms with Crippen molar-refractivity contribution in [3.63, 3.8) is 0 Å². The Kier molecular flexibility index (Phi) is 8.61. The molecule has 1 saturated heterocycles. The fourth-order valence-corrected chi connectivity index (χ4v) is 8.72. The van der Waals surface area contributed by atoms with Gasteiger partial charge >= 0.3 is 0 Å². The number of aromatic hydroxyl groups is 3. The first-order valence-corrected chi connectivity index (χ1v) is 16.7. The summed E-state index contributed by atoms with van der Waals surface area (Å²) in [5, 5.41) is 47.2. The molecule has 0 unspecified atom stereocenters. The zero-order valence-electron chi connectivity index (χ0n) is 26.5. The molecule has 3 aromatic rings. The van der Waals surface area contributed by atoms with Gasteiger partial charge < -0.3 is 40.2 Å². The fraction of sp³-hybridized carbons (Fsp3) is 0.474. The molecule has 0 spiro atoms. The van der Waals surface area contributed by atoms with Crippen molar-refractivity contribution in [2.45, 2.75) is 81.1 Å². The molecule has 0 amide bonds. The number of allylic oxidation sites excluding steroid dienone is 3. The molecule has 1 saturated carbocycles. The number of aliphatic hydroxyl groups is 1. The van der Waals surface area contributed by atoms with Crippen LogP contribution < -0.4 is 15.0 Å². The van der Waals surface area contributed by atoms with E-state index in [1.54, 1.807) is 18.5 Å². The van der Waals surface area contributed by atoms with E-state index >= 15 is 0 Å². The molecule has 5 N–H and O–H groups in total. The number of phenols is 3. The van der Waals surface area contributed by atoms with Crippen LogP contribution in [-0.4, -0.2) is 52.8 Å². The maximum Gasteiger partial charge on any atom is 0.200 e. The number of nitrogens with zero attached hydrogens (tertiary/aromatic N) is 1. The first-order chi connectivity index (χ1) is 22.3. The second-order valence-electron chi connectivity index (χ2n) is 13.7. The predicted molar refractivity (Wildman–Crippen MR) is 175 cm³/mol. The van der Waals surface area contributed by atoms with Crippen molar-refractivity contribution in [3.05, 3.63) is 94.8 Å². The number of nitrogens with one attached hydrogen (secondary N) is 1. The number of benzene rings is 2. The van der Waals surface area contributed by atoms with Crippen molar-refractivity contribution >= 4 is 0 Å². The Hall–Kier alpha value is -3.72. The van der Waals surface area contributed by atoms with Crippen molar-refractivity contribution < 1.29 is 29.9 Å². The van der Waals surface area contributed by atoms with Crippen LogP contribution in [0.3, 0.4) is 0 Å². The van der Waals surface area contributed by atoms with Gasteiger partial charge in [0.2, 0.25) is 5.75 Å². The summed E-state index contributed by atoms with van der Waals surface area (Å²) in [7, 11) is 3.49. The average Bonchev–Trinajstić information content (AvgIpc) is 3.59. The van der Waals surface area contributed by atoms with E-state index in [-0.39, 0.29) is 41.1 Å². The van der Waals surface area contributed by atoms with E-state index in [1.807, 2.05) is 25.2 Å². The van der Waals surface area contributed by atoms with Gasteiger partial charge in [-0.25, -0.2) is 0 Å². The number of phenolic OH excluding ortho intramolecular Hbond substituents is 3. The molecule has 2 aromatic carbocycles. The second kappa shape index (κ2) is 12.8. The number of ether oxygens (including phenoxy) is 2. The molecule has 8 nitrogen and oxygen atoms in total. The van der Waals surface area contributed by atoms with Crippen LogP contribution in [0.5, 0.6) is 23.0 Å². The molecule has 8 heteroatoms. The van der Waals surface area contributed by atoms with Crippen LogP contribution in [0, 0.1) is 17.8 Å². The minimum absolute atomic E-state index is 0.0222. The minimum Gasteiger partial charge on any atom is -0.670 e. The lowest BCUT2D eigenvalue weighted by molar-refractivity contribution is -0.154. The Morgan fingerprint density at radius 3 is 2.63 bits per heavy atom. The van der Waals surface area contributed by atoms with Crippen LogP contribution in [0.2, 0.25) is 0 Å². The van der Waals surface area contributed by atoms with Crippen LogP contribution in [0.4, 0.5) is 0 Å². The molecule has 0 radical (unpaired) electrons. The maximum atomic E-state index is 11.4. The Labute approximate surface area is 270 Å². The normalized spacial score (nSPS) is 32.1. The van der Waals surface area contributed by atoms with Crippen molar-refractivity contribution in [1.29, 1.82) is 0 Å². The van der Waals surface area contributed by atoms with Crippen molar-refractivity contribution in [1.82, 2.24) is 10.3 Å². The summed E-state index contributed by atoms with van der Waals surface area (Å²) in [6, 6.07) is 9.97. The van der Waals surface area contributed by atoms with Gasteiger partial charge in [0.05, 0.1) is 25.4 Å². The summed E-state index contributed by atoms with van der Waals surface area (Å²) in [6.45, 7) is 0. The molecule has 4 aliphatic rings. The molecule has 46 heavy (non-hydrogen) atoms. The predicted octanol–water partition coefficient (Wildman–Crippen LogP) is 5.96. The molecule has 244 valence electrons. The van der Waals surface area contributed by atoms with Gasteiger partial charge in [0, 0.05) is 35.4 Å². The number of aromatic nitrogens is 1. The Morgan fingerprint density at radius 1 is 0.978 bits per heavy atom. The largest absolute Gasteiger partial charge is 0.670 e. The van der Waals surface area contributed by atoms with E-state index in [9.17, 15) is 20.4 Å². The van der Waals surface area contributed by atoms with Gasteiger partial charge in [0.25, 0.3) is 0 Å². The van der Waals surface area contributed by atoms with E-state index < -0.39 is 12.2 Å². The molecule has 7 rings (SSSR count). The van der Waals surface area contributed by atoms with Gasteiger partial charge in [-0.3, -0.25) is 0 Å². The number of aliphatic hydroxyl groups excluding tert-OH is 1. The first kappa shape index (κ1) is 30.9. The number of likely N-dealkylation sites (N-methyl/N-ethyl adjacent to an activating group) is 1. The van der Waals surface area contributed by atoms with E-state index in [2.05, 4.69) is 40.7 Å². The number of fused-ring (bicyclic) bond motifs is 2. The lowest BCUT2D eigenvalue weighted by Gasteiger charge is -2.45. The zero-order valence-corrected chi connectivity index (χ0v) is 26.5. The van der Waals surface area contributed by atoms with Crippen LogP contribution >= 0.6 is 0 Å². The minimum atomic E-state index is -0.556. The van der Waals surface area contributed by atoms with Gasteiger partial charge in [-0.1, -0.05) is 48.1 Å². The smallest absolute Gasteiger partial charge is 0.200 e. The number of hydrogen-bond donors (Lipinski definition) is 5. The van der Waals surface area contributed by atoms with Crippen LogP contribution in [-0.2, 0) is 11.2 Å². The van der Waals surface area contributed by atoms with Crippen molar-refractivity contribution in [2.24, 2.45) is 17.8 Å². The van der Waals surface area contributed by atoms with Gasteiger partial charge in [-0.05, 0) is 86.6 Å². The molecular weight excluding hydrogens is 580 g/mol. The van der Waals surface area contributed by atoms with Crippen molar-refractivity contribution in [2.75, 3.05) is 14.2 Å². The average molecular weight is 626 g/mol. The molecule has 2 heterocycles. The molecular formula is C38H45N2O6-. The third-order valence-corrected chi connectivity index (χ3v) is 11.2. The third-order valence-electron chi connectivity index (χ3n) is 11.2. The summed E-state index contributed by atoms with van der Waals surface area (Å²) >= 11 is 0. The number of methoxy groups -OCH3 is 1. The monoisotopic (exact) mass is 625 g/mol. The van der Waals surface area contributed by atoms with E-state index in [4.69, 9.17) is 9.47 Å². The lowest BCUT2D eigenvalue weighted by Crippen LogP contribution is -2.44. The summed E-state index contributed by atoms with van der Waals surface area (Å²) in [5.41, 5.74) is 4.56. The second-order valence-corrected chi connectivity index (χ2v) is 13.7. The topological polar surface area (TPSA) is 126 Å². The quantitative estimate of drug-likeness (QED) is 0.161. The highest BCUT2D eigenvalue weighted by Crippen LogP contribution is 2.51. The highest BCUT2D eigenvalue weighted by Gasteiger charge is 2.44. The standard InChI is InChI=1S/C38H45N2O6/c1-39-25-8-10-26-24(15-25)4-3-5-27(26)29-16-22(7-11-32(29)41)23-6-9-28-33(42)19-36(46-35(28)17-23)30-18-34(43)37(44)38(45-2)31(30)14-21-12-13-40-20-21/h3,5,7-8,10-13,16,18,20,23-28,33,35-36,39,41-44H,4,6,9,14-15,17,19H2,1-2H3/q-1/t23-,24+,25+,26-,27-,28-,33+,35+,36+/m1/s1. The Balaban J connectivity index is 1.15. The van der Waals surface area contributed by atoms with Gasteiger partial charge in [-0.15, -0.1) is 0 Å². The summed E-state index contributed by atoms with van der Waals surface area (Å²) in [6.07, 6.45) is 17.0. The number of rotatable bonds is 7. The molecule has 0 bridgehead atoms. The summed E-state index contributed by atoms with van der Waals surface area (Å²) in [5.74, 6) is 1.26. The van der Waals surface area contributed by atoms with E-state index in [0.717, 1.165) is 43.2 Å². The SMILES string of the molecule is CN[C@H]1C=C[C@@H]2[C@@H](CC=C[C@H]2c2cc([C@@H]3CC[C@H]4[C@H](C3)O[C@H](c3cc(O)c(O)c(OC)c3Cc3cc[n-]c3)C[C@@H]4O)ccc2O)C1. The molecule has 2 fully saturated rings. The lowest BCUT2D eigenvalue weighted by atomic mass is 9.67. The van der Waals surface area contributed by atoms with Crippen molar-refractivity contribution in [3.8, 4) is 23.0 Å². The van der Waals surface area contributed by atoms with Crippen LogP contribution in [0.15, 0.2) is 67.0 Å². The van der Waals surface area contributed by atoms with Gasteiger partial charge in [0.1, 0.15) is 5.75 Å². The number of hydrogen-bond acceptors (Lipinski definition) is 7. The highest BCUT2D eigenvalue weighted by molar-refractivity contribution is 5.59. The Morgan fingerprint density at radius 2 is 1.85 bits per heavy atom. The zero-order chi connectivity index (χ0) is 31.9. The van der Waals surface area contributed by atoms with Gasteiger partial charge in [0.15, 0.2) is 11.5 Å². The molecule has 3 aliphatic carbocycles. The van der Waals surface area contributed by atoms with E-state index in [1.165, 1.54) is 12.7 Å². The molecule has 9 atom stereocenters. The van der Waals surface area contributed by atoms with E-state index in [0.29, 0.717) is 47.6 Å². The molecule has 1 aliphatic heterocycles. The van der Waals surface area contributed by atoms with Crippen LogP contribution in [0.1, 0.15) is 84.3 Å². The summed E-state index contributed by atoms with van der Waals surface area (Å²) in [4.78, 5) is 4.18. The highest BCUT2D eigenvalue weighted by atomic mass is 16.5. The maximum absolute atomic E-state index is 11.4. The van der Waals surface area contributed by atoms with Gasteiger partial charge in [-0.2, -0.15) is 12.4 Å².